The molecule has 1 aliphatic rings. The van der Waals surface area contributed by atoms with Gasteiger partial charge in [0.05, 0.1) is 33.5 Å². The maximum Gasteiger partial charge on any atom is 0.238 e. The first-order valence-electron chi connectivity index (χ1n) is 21.7. The van der Waals surface area contributed by atoms with Crippen LogP contribution in [0.2, 0.25) is 0 Å². The summed E-state index contributed by atoms with van der Waals surface area (Å²) in [6, 6.07) is 69.9. The van der Waals surface area contributed by atoms with Crippen molar-refractivity contribution in [1.82, 2.24) is 34.1 Å². The molecule has 0 amide bonds. The lowest BCUT2D eigenvalue weighted by molar-refractivity contribution is 0.952. The van der Waals surface area contributed by atoms with Gasteiger partial charge >= 0.3 is 0 Å². The molecule has 0 N–H and O–H groups in total. The standard InChI is InChI=1S/C57H37N7/c1-5-17-36(18-6-1)46-35-47(37-19-7-2-8-20-37)59-56(58-46)42-31-40-29-30-41-32-43(63-48-27-15-13-25-44(48)45-26-14-16-28-49(45)63)34-51-53(41)52(40)50(33-42)64(51)57-61-54(38-21-9-3-10-22-38)60-55(62-57)39-23-11-4-12-24-39/h1-28,31-35H,29-30H2. The van der Waals surface area contributed by atoms with E-state index < -0.39 is 0 Å². The molecule has 0 fully saturated rings. The average molecular weight is 820 g/mol. The van der Waals surface area contributed by atoms with E-state index in [1.54, 1.807) is 0 Å². The molecular weight excluding hydrogens is 783 g/mol. The second-order valence-electron chi connectivity index (χ2n) is 16.4. The molecule has 12 aromatic rings. The van der Waals surface area contributed by atoms with Crippen LogP contribution in [0.5, 0.6) is 0 Å². The van der Waals surface area contributed by atoms with Crippen LogP contribution in [-0.2, 0) is 12.8 Å². The Morgan fingerprint density at radius 2 is 0.750 bits per heavy atom. The van der Waals surface area contributed by atoms with E-state index in [1.807, 2.05) is 48.5 Å². The van der Waals surface area contributed by atoms with Crippen LogP contribution in [0.4, 0.5) is 0 Å². The Morgan fingerprint density at radius 1 is 0.312 bits per heavy atom. The molecule has 7 nitrogen and oxygen atoms in total. The Hall–Kier alpha value is -8.55. The molecule has 13 rings (SSSR count). The van der Waals surface area contributed by atoms with Gasteiger partial charge in [0.2, 0.25) is 5.95 Å². The van der Waals surface area contributed by atoms with Gasteiger partial charge in [-0.25, -0.2) is 15.0 Å². The van der Waals surface area contributed by atoms with E-state index in [4.69, 9.17) is 24.9 Å². The molecule has 64 heavy (non-hydrogen) atoms. The Balaban J connectivity index is 1.14. The number of aromatic nitrogens is 7. The molecule has 0 saturated carbocycles. The van der Waals surface area contributed by atoms with E-state index in [0.717, 1.165) is 68.8 Å². The van der Waals surface area contributed by atoms with Gasteiger partial charge in [-0.2, -0.15) is 9.97 Å². The fourth-order valence-electron chi connectivity index (χ4n) is 9.74. The number of hydrogen-bond acceptors (Lipinski definition) is 5. The largest absolute Gasteiger partial charge is 0.309 e. The second kappa shape index (κ2) is 14.5. The highest BCUT2D eigenvalue weighted by Crippen LogP contribution is 2.44. The molecule has 8 aromatic carbocycles. The third-order valence-electron chi connectivity index (χ3n) is 12.6. The monoisotopic (exact) mass is 819 g/mol. The second-order valence-corrected chi connectivity index (χ2v) is 16.4. The Kier molecular flexibility index (Phi) is 8.21. The SMILES string of the molecule is c1ccc(-c2cc(-c3ccccc3)nc(-c3cc4c5c6c(cc(-n7c8ccccc8c8ccccc87)cc6n(-c6nc(-c7ccccc7)nc(-c7ccccc7)n6)c5c3)CC4)n2)cc1. The van der Waals surface area contributed by atoms with Gasteiger partial charge in [0.1, 0.15) is 0 Å². The summed E-state index contributed by atoms with van der Waals surface area (Å²) in [5.41, 5.74) is 14.6. The first-order valence-corrected chi connectivity index (χ1v) is 21.7. The third kappa shape index (κ3) is 5.86. The zero-order chi connectivity index (χ0) is 42.1. The number of hydrogen-bond donors (Lipinski definition) is 0. The number of aryl methyl sites for hydroxylation is 2. The predicted molar refractivity (Wildman–Crippen MR) is 259 cm³/mol. The van der Waals surface area contributed by atoms with Crippen molar-refractivity contribution in [2.24, 2.45) is 0 Å². The summed E-state index contributed by atoms with van der Waals surface area (Å²) in [5, 5.41) is 4.88. The van der Waals surface area contributed by atoms with Crippen molar-refractivity contribution >= 4 is 43.6 Å². The number of fused-ring (bicyclic) bond motifs is 3. The minimum atomic E-state index is 0.548. The van der Waals surface area contributed by atoms with Gasteiger partial charge in [-0.15, -0.1) is 0 Å². The van der Waals surface area contributed by atoms with E-state index in [0.29, 0.717) is 23.4 Å². The highest BCUT2D eigenvalue weighted by molar-refractivity contribution is 6.15. The molecule has 0 saturated heterocycles. The van der Waals surface area contributed by atoms with Crippen molar-refractivity contribution in [1.29, 1.82) is 0 Å². The highest BCUT2D eigenvalue weighted by Gasteiger charge is 2.27. The lowest BCUT2D eigenvalue weighted by atomic mass is 9.89. The quantitative estimate of drug-likeness (QED) is 0.160. The molecule has 0 radical (unpaired) electrons. The van der Waals surface area contributed by atoms with Crippen LogP contribution in [0, 0.1) is 0 Å². The number of benzene rings is 8. The normalized spacial score (nSPS) is 12.2. The van der Waals surface area contributed by atoms with Crippen molar-refractivity contribution in [3.63, 3.8) is 0 Å². The molecule has 0 spiro atoms. The van der Waals surface area contributed by atoms with Crippen LogP contribution in [-0.4, -0.2) is 34.1 Å². The van der Waals surface area contributed by atoms with Crippen molar-refractivity contribution in [2.75, 3.05) is 0 Å². The Labute approximate surface area is 368 Å². The first-order chi connectivity index (χ1) is 31.7. The zero-order valence-electron chi connectivity index (χ0n) is 34.6. The summed E-state index contributed by atoms with van der Waals surface area (Å²) in [6.45, 7) is 0. The zero-order valence-corrected chi connectivity index (χ0v) is 34.6. The third-order valence-corrected chi connectivity index (χ3v) is 12.6. The van der Waals surface area contributed by atoms with Gasteiger partial charge in [-0.3, -0.25) is 4.57 Å². The van der Waals surface area contributed by atoms with Crippen LogP contribution < -0.4 is 0 Å². The molecule has 300 valence electrons. The fraction of sp³-hybridized carbons (Fsp3) is 0.0351. The summed E-state index contributed by atoms with van der Waals surface area (Å²) >= 11 is 0. The van der Waals surface area contributed by atoms with Gasteiger partial charge in [0.25, 0.3) is 0 Å². The minimum Gasteiger partial charge on any atom is -0.309 e. The maximum absolute atomic E-state index is 5.36. The van der Waals surface area contributed by atoms with Crippen molar-refractivity contribution in [3.8, 4) is 68.3 Å². The smallest absolute Gasteiger partial charge is 0.238 e. The molecular formula is C57H37N7. The lowest BCUT2D eigenvalue weighted by Crippen LogP contribution is -2.07. The van der Waals surface area contributed by atoms with E-state index >= 15 is 0 Å². The van der Waals surface area contributed by atoms with Crippen molar-refractivity contribution in [3.05, 3.63) is 211 Å². The first kappa shape index (κ1) is 36.1. The van der Waals surface area contributed by atoms with E-state index in [2.05, 4.69) is 161 Å². The van der Waals surface area contributed by atoms with Crippen LogP contribution >= 0.6 is 0 Å². The Morgan fingerprint density at radius 3 is 1.28 bits per heavy atom. The summed E-state index contributed by atoms with van der Waals surface area (Å²) in [7, 11) is 0. The van der Waals surface area contributed by atoms with Crippen LogP contribution in [0.1, 0.15) is 11.1 Å². The molecule has 0 bridgehead atoms. The number of nitrogens with zero attached hydrogens (tertiary/aromatic N) is 7. The van der Waals surface area contributed by atoms with Crippen LogP contribution in [0.25, 0.3) is 112 Å². The summed E-state index contributed by atoms with van der Waals surface area (Å²) < 4.78 is 4.68. The number of para-hydroxylation sites is 2. The molecule has 4 aromatic heterocycles. The van der Waals surface area contributed by atoms with E-state index in [1.165, 1.54) is 43.7 Å². The maximum atomic E-state index is 5.36. The van der Waals surface area contributed by atoms with E-state index in [9.17, 15) is 0 Å². The van der Waals surface area contributed by atoms with E-state index in [-0.39, 0.29) is 0 Å². The summed E-state index contributed by atoms with van der Waals surface area (Å²) in [5.74, 6) is 2.43. The number of rotatable bonds is 7. The summed E-state index contributed by atoms with van der Waals surface area (Å²) in [6.07, 6.45) is 1.73. The summed E-state index contributed by atoms with van der Waals surface area (Å²) in [4.78, 5) is 26.4. The minimum absolute atomic E-state index is 0.548. The topological polar surface area (TPSA) is 74.3 Å². The van der Waals surface area contributed by atoms with Crippen LogP contribution in [0.15, 0.2) is 200 Å². The van der Waals surface area contributed by atoms with Gasteiger partial charge in [-0.1, -0.05) is 158 Å². The molecule has 7 heteroatoms. The molecule has 0 atom stereocenters. The molecule has 0 unspecified atom stereocenters. The van der Waals surface area contributed by atoms with Crippen molar-refractivity contribution < 1.29 is 0 Å². The van der Waals surface area contributed by atoms with Crippen LogP contribution in [0.3, 0.4) is 0 Å². The fourth-order valence-corrected chi connectivity index (χ4v) is 9.74. The lowest BCUT2D eigenvalue weighted by Gasteiger charge is -2.17. The molecule has 4 heterocycles. The highest BCUT2D eigenvalue weighted by atomic mass is 15.2. The van der Waals surface area contributed by atoms with Gasteiger partial charge in [-0.05, 0) is 66.4 Å². The predicted octanol–water partition coefficient (Wildman–Crippen LogP) is 13.3. The molecule has 1 aliphatic carbocycles. The Bertz CT molecular complexity index is 3600. The average Bonchev–Trinajstić information content (AvgIpc) is 3.89. The molecule has 0 aliphatic heterocycles. The van der Waals surface area contributed by atoms with Gasteiger partial charge < -0.3 is 4.57 Å². The van der Waals surface area contributed by atoms with Gasteiger partial charge in [0, 0.05) is 55.0 Å². The van der Waals surface area contributed by atoms with Gasteiger partial charge in [0.15, 0.2) is 17.5 Å². The van der Waals surface area contributed by atoms with Crippen molar-refractivity contribution in [2.45, 2.75) is 12.8 Å².